The van der Waals surface area contributed by atoms with Crippen molar-refractivity contribution in [2.24, 2.45) is 0 Å². The Morgan fingerprint density at radius 1 is 0.625 bits per heavy atom. The van der Waals surface area contributed by atoms with Crippen molar-refractivity contribution in [3.8, 4) is 0 Å². The topological polar surface area (TPSA) is 0 Å². The first kappa shape index (κ1) is 11.2. The molecule has 0 radical (unpaired) electrons. The zero-order valence-electron chi connectivity index (χ0n) is 3.47. The minimum absolute atomic E-state index is 0. The van der Waals surface area contributed by atoms with Crippen LogP contribution in [0.5, 0.6) is 0 Å². The second-order valence-corrected chi connectivity index (χ2v) is 3.21. The number of hydrogen-bond donors (Lipinski definition) is 0. The molecule has 0 atom stereocenters. The van der Waals surface area contributed by atoms with E-state index in [9.17, 15) is 24.6 Å². The van der Waals surface area contributed by atoms with E-state index < -0.39 is 8.63 Å². The van der Waals surface area contributed by atoms with E-state index >= 15 is 0 Å². The summed E-state index contributed by atoms with van der Waals surface area (Å²) in [6.45, 7) is 0. The minimum Gasteiger partial charge on any atom is 2.00 e. The van der Waals surface area contributed by atoms with Crippen LogP contribution in [0, 0.1) is 0 Å². The average Bonchev–Trinajstić information content (AvgIpc) is 0.592. The molecule has 0 aromatic rings. The third kappa shape index (κ3) is 1070. The van der Waals surface area contributed by atoms with Gasteiger partial charge in [-0.15, -0.1) is 0 Å². The van der Waals surface area contributed by atoms with Crippen LogP contribution in [-0.2, 0) is 19.5 Å². The predicted molar refractivity (Wildman–Crippen MR) is 12.4 cm³/mol. The molecule has 0 saturated carbocycles. The van der Waals surface area contributed by atoms with E-state index in [0.717, 1.165) is 0 Å². The summed E-state index contributed by atoms with van der Waals surface area (Å²) < 4.78 is 59.3. The molecule has 0 aromatic carbocycles. The molecule has 8 heavy (non-hydrogen) atoms. The molecule has 0 aromatic heterocycles. The van der Waals surface area contributed by atoms with Crippen molar-refractivity contribution in [2.75, 3.05) is 0 Å². The predicted octanol–water partition coefficient (Wildman–Crippen LogP) is 2.14. The van der Waals surface area contributed by atoms with Crippen LogP contribution in [0.3, 0.4) is 0 Å². The summed E-state index contributed by atoms with van der Waals surface area (Å²) >= 11 is 0. The van der Waals surface area contributed by atoms with Gasteiger partial charge in [-0.1, -0.05) is 0 Å². The molecule has 0 rings (SSSR count). The van der Waals surface area contributed by atoms with E-state index in [2.05, 4.69) is 0 Å². The Labute approximate surface area is 53.5 Å². The fraction of sp³-hybridized carbons (Fsp3) is 0. The molecule has 0 heterocycles. The van der Waals surface area contributed by atoms with E-state index in [1.807, 2.05) is 0 Å². The average molecular weight is 207 g/mol. The fourth-order valence-electron chi connectivity index (χ4n) is 0. The fourth-order valence-corrected chi connectivity index (χ4v) is 0. The molecule has 0 saturated heterocycles. The number of rotatable bonds is 0. The third-order valence-corrected chi connectivity index (χ3v) is 0. The van der Waals surface area contributed by atoms with Crippen molar-refractivity contribution in [2.45, 2.75) is 0 Å². The van der Waals surface area contributed by atoms with Crippen LogP contribution in [0.4, 0.5) is 24.6 Å². The maximum Gasteiger partial charge on any atom is 2.00 e. The summed E-state index contributed by atoms with van der Waals surface area (Å²) in [4.78, 5) is 0. The van der Waals surface area contributed by atoms with Crippen LogP contribution in [-0.4, -0.2) is 8.63 Å². The van der Waals surface area contributed by atoms with Crippen molar-refractivity contribution in [1.82, 2.24) is 0 Å². The van der Waals surface area contributed by atoms with E-state index in [-0.39, 0.29) is 19.5 Å². The molecule has 0 amide bonds. The van der Waals surface area contributed by atoms with Crippen molar-refractivity contribution >= 4 is 8.63 Å². The second-order valence-electron chi connectivity index (χ2n) is 1.07. The van der Waals surface area contributed by atoms with Gasteiger partial charge in [-0.05, 0) is 0 Å². The van der Waals surface area contributed by atoms with Crippen LogP contribution in [0.25, 0.3) is 0 Å². The first-order chi connectivity index (χ1) is 2.45. The number of hydrogen-bond acceptors (Lipinski definition) is 0. The minimum atomic E-state index is -10.8. The van der Waals surface area contributed by atoms with Crippen LogP contribution in [0.2, 0.25) is 0 Å². The van der Waals surface area contributed by atoms with Crippen molar-refractivity contribution in [3.05, 3.63) is 0 Å². The molecular formula is F6SiZn. The van der Waals surface area contributed by atoms with Gasteiger partial charge in [0.25, 0.3) is 0 Å². The zero-order valence-corrected chi connectivity index (χ0v) is 7.44. The van der Waals surface area contributed by atoms with E-state index in [1.54, 1.807) is 0 Å². The summed E-state index contributed by atoms with van der Waals surface area (Å²) in [6, 6.07) is 0. The molecule has 0 aliphatic carbocycles. The largest absolute Gasteiger partial charge is 2.00 e. The van der Waals surface area contributed by atoms with Crippen molar-refractivity contribution < 1.29 is 44.1 Å². The molecule has 8 heteroatoms. The molecule has 0 spiro atoms. The van der Waals surface area contributed by atoms with Gasteiger partial charge in [0.2, 0.25) is 0 Å². The Bertz CT molecular complexity index is 67.1. The van der Waals surface area contributed by atoms with Crippen molar-refractivity contribution in [1.29, 1.82) is 0 Å². The molecule has 48 valence electrons. The van der Waals surface area contributed by atoms with E-state index in [1.165, 1.54) is 0 Å². The normalized spacial score (nSPS) is 20.2. The Kier molecular flexibility index (Phi) is 1.81. The first-order valence-corrected chi connectivity index (χ1v) is 3.40. The first-order valence-electron chi connectivity index (χ1n) is 1.13. The van der Waals surface area contributed by atoms with Crippen LogP contribution in [0.1, 0.15) is 0 Å². The molecule has 0 N–H and O–H groups in total. The Morgan fingerprint density at radius 3 is 0.625 bits per heavy atom. The van der Waals surface area contributed by atoms with Gasteiger partial charge < -0.3 is 0 Å². The van der Waals surface area contributed by atoms with Gasteiger partial charge >= 0.3 is 52.8 Å². The molecule has 0 unspecified atom stereocenters. The third-order valence-electron chi connectivity index (χ3n) is 0. The summed E-state index contributed by atoms with van der Waals surface area (Å²) in [5.41, 5.74) is 0. The molecule has 0 aliphatic rings. The van der Waals surface area contributed by atoms with Crippen LogP contribution < -0.4 is 0 Å². The van der Waals surface area contributed by atoms with Crippen LogP contribution in [0.15, 0.2) is 0 Å². The van der Waals surface area contributed by atoms with Crippen LogP contribution >= 0.6 is 0 Å². The maximum atomic E-state index is 9.88. The standard InChI is InChI=1S/F6Si.Zn/c1-7(2,3,4,5)6;/q-2;+2. The number of halogens is 6. The van der Waals surface area contributed by atoms with Gasteiger partial charge in [-0.2, -0.15) is 0 Å². The van der Waals surface area contributed by atoms with Gasteiger partial charge in [0.15, 0.2) is 0 Å². The van der Waals surface area contributed by atoms with E-state index in [0.29, 0.717) is 0 Å². The molecule has 0 nitrogen and oxygen atoms in total. The molecule has 0 aliphatic heterocycles. The summed E-state index contributed by atoms with van der Waals surface area (Å²) in [5.74, 6) is 0. The Hall–Kier alpha value is 0.420. The zero-order chi connectivity index (χ0) is 6.41. The quantitative estimate of drug-likeness (QED) is 0.324. The molecule has 0 fully saturated rings. The molecular weight excluding hydrogens is 207 g/mol. The van der Waals surface area contributed by atoms with Crippen molar-refractivity contribution in [3.63, 3.8) is 0 Å². The maximum absolute atomic E-state index is 10.8. The second kappa shape index (κ2) is 1.29. The van der Waals surface area contributed by atoms with Gasteiger partial charge in [0.1, 0.15) is 0 Å². The summed E-state index contributed by atoms with van der Waals surface area (Å²) in [6.07, 6.45) is 0. The van der Waals surface area contributed by atoms with Gasteiger partial charge in [0, 0.05) is 0 Å². The summed E-state index contributed by atoms with van der Waals surface area (Å²) in [5, 5.41) is 0. The molecule has 0 bridgehead atoms. The monoisotopic (exact) mass is 206 g/mol. The Balaban J connectivity index is 0. The smallest absolute Gasteiger partial charge is 2.00 e. The van der Waals surface area contributed by atoms with E-state index in [4.69, 9.17) is 0 Å². The van der Waals surface area contributed by atoms with Gasteiger partial charge in [0.05, 0.1) is 0 Å². The SMILES string of the molecule is F[Si-2](F)(F)(F)(F)F.[Zn+2]. The Morgan fingerprint density at radius 2 is 0.625 bits per heavy atom. The summed E-state index contributed by atoms with van der Waals surface area (Å²) in [7, 11) is -10.8. The van der Waals surface area contributed by atoms with Gasteiger partial charge in [-0.25, -0.2) is 0 Å². The van der Waals surface area contributed by atoms with Gasteiger partial charge in [-0.3, -0.25) is 0 Å².